The van der Waals surface area contributed by atoms with Crippen LogP contribution in [0.1, 0.15) is 12.0 Å². The lowest BCUT2D eigenvalue weighted by atomic mass is 10.2. The number of amides is 2. The minimum atomic E-state index is -0.166. The fourth-order valence-corrected chi connectivity index (χ4v) is 1.71. The Bertz CT molecular complexity index is 347. The summed E-state index contributed by atoms with van der Waals surface area (Å²) in [5.74, 6) is 0.560. The van der Waals surface area contributed by atoms with Crippen LogP contribution < -0.4 is 10.6 Å². The Morgan fingerprint density at radius 1 is 1.31 bits per heavy atom. The second kappa shape index (κ2) is 7.52. The van der Waals surface area contributed by atoms with E-state index >= 15 is 0 Å². The Morgan fingerprint density at radius 3 is 2.75 bits per heavy atom. The highest BCUT2D eigenvalue weighted by Gasteiger charge is 2.01. The van der Waals surface area contributed by atoms with E-state index in [1.165, 1.54) is 0 Å². The van der Waals surface area contributed by atoms with Crippen LogP contribution in [0.2, 0.25) is 0 Å². The van der Waals surface area contributed by atoms with E-state index in [2.05, 4.69) is 26.6 Å². The lowest BCUT2D eigenvalue weighted by Gasteiger charge is -2.08. The molecule has 0 heterocycles. The Balaban J connectivity index is 2.29. The third-order valence-corrected chi connectivity index (χ3v) is 3.03. The fourth-order valence-electron chi connectivity index (χ4n) is 1.15. The highest BCUT2D eigenvalue weighted by atomic mass is 79.9. The summed E-state index contributed by atoms with van der Waals surface area (Å²) < 4.78 is 0.996. The lowest BCUT2D eigenvalue weighted by Crippen LogP contribution is -2.35. The Labute approximate surface area is 109 Å². The van der Waals surface area contributed by atoms with Gasteiger partial charge in [-0.2, -0.15) is 0 Å². The van der Waals surface area contributed by atoms with Gasteiger partial charge < -0.3 is 10.6 Å². The third kappa shape index (κ3) is 4.86. The van der Waals surface area contributed by atoms with Crippen molar-refractivity contribution in [2.24, 2.45) is 0 Å². The van der Waals surface area contributed by atoms with Crippen molar-refractivity contribution in [3.63, 3.8) is 0 Å². The smallest absolute Gasteiger partial charge is 0.315 e. The van der Waals surface area contributed by atoms with E-state index in [4.69, 9.17) is 11.6 Å². The zero-order valence-corrected chi connectivity index (χ0v) is 11.1. The van der Waals surface area contributed by atoms with Gasteiger partial charge in [0.2, 0.25) is 0 Å². The molecule has 88 valence electrons. The number of hydrogen-bond donors (Lipinski definition) is 2. The first-order valence-electron chi connectivity index (χ1n) is 5.05. The normalized spacial score (nSPS) is 9.88. The SMILES string of the molecule is O=C(NCCCCl)NCc1ccccc1Br. The van der Waals surface area contributed by atoms with Gasteiger partial charge >= 0.3 is 6.03 Å². The summed E-state index contributed by atoms with van der Waals surface area (Å²) in [6.07, 6.45) is 0.782. The summed E-state index contributed by atoms with van der Waals surface area (Å²) in [5.41, 5.74) is 1.05. The molecule has 0 spiro atoms. The number of halogens is 2. The first-order valence-corrected chi connectivity index (χ1v) is 6.38. The second-order valence-corrected chi connectivity index (χ2v) is 4.48. The van der Waals surface area contributed by atoms with Crippen molar-refractivity contribution in [3.05, 3.63) is 34.3 Å². The zero-order chi connectivity index (χ0) is 11.8. The van der Waals surface area contributed by atoms with Gasteiger partial charge in [-0.15, -0.1) is 11.6 Å². The van der Waals surface area contributed by atoms with Crippen LogP contribution in [0.4, 0.5) is 4.79 Å². The number of benzene rings is 1. The van der Waals surface area contributed by atoms with Crippen LogP contribution >= 0.6 is 27.5 Å². The fraction of sp³-hybridized carbons (Fsp3) is 0.364. The van der Waals surface area contributed by atoms with Crippen molar-refractivity contribution in [2.45, 2.75) is 13.0 Å². The van der Waals surface area contributed by atoms with Crippen molar-refractivity contribution in [1.82, 2.24) is 10.6 Å². The van der Waals surface area contributed by atoms with Crippen molar-refractivity contribution in [1.29, 1.82) is 0 Å². The minimum Gasteiger partial charge on any atom is -0.338 e. The summed E-state index contributed by atoms with van der Waals surface area (Å²) in [5, 5.41) is 5.50. The van der Waals surface area contributed by atoms with Crippen molar-refractivity contribution in [2.75, 3.05) is 12.4 Å². The summed E-state index contributed by atoms with van der Waals surface area (Å²) in [6, 6.07) is 7.62. The van der Waals surface area contributed by atoms with Gasteiger partial charge in [-0.25, -0.2) is 4.79 Å². The molecule has 0 radical (unpaired) electrons. The topological polar surface area (TPSA) is 41.1 Å². The summed E-state index contributed by atoms with van der Waals surface area (Å²) in [4.78, 5) is 11.3. The van der Waals surface area contributed by atoms with E-state index in [1.807, 2.05) is 24.3 Å². The number of alkyl halides is 1. The van der Waals surface area contributed by atoms with E-state index in [-0.39, 0.29) is 6.03 Å². The quantitative estimate of drug-likeness (QED) is 0.637. The average molecular weight is 306 g/mol. The van der Waals surface area contributed by atoms with E-state index in [9.17, 15) is 4.79 Å². The molecule has 0 saturated carbocycles. The van der Waals surface area contributed by atoms with Crippen LogP contribution in [-0.2, 0) is 6.54 Å². The van der Waals surface area contributed by atoms with Crippen molar-refractivity contribution < 1.29 is 4.79 Å². The molecule has 0 aliphatic heterocycles. The molecule has 2 amide bonds. The molecule has 2 N–H and O–H groups in total. The minimum absolute atomic E-state index is 0.166. The molecule has 0 unspecified atom stereocenters. The molecule has 1 aromatic rings. The summed E-state index contributed by atoms with van der Waals surface area (Å²) in [7, 11) is 0. The van der Waals surface area contributed by atoms with E-state index < -0.39 is 0 Å². The highest BCUT2D eigenvalue weighted by Crippen LogP contribution is 2.15. The maximum absolute atomic E-state index is 11.3. The number of nitrogens with one attached hydrogen (secondary N) is 2. The molecule has 0 aromatic heterocycles. The van der Waals surface area contributed by atoms with E-state index in [1.54, 1.807) is 0 Å². The molecule has 0 aliphatic rings. The van der Waals surface area contributed by atoms with Gasteiger partial charge in [-0.3, -0.25) is 0 Å². The lowest BCUT2D eigenvalue weighted by molar-refractivity contribution is 0.240. The van der Waals surface area contributed by atoms with Crippen LogP contribution in [0.15, 0.2) is 28.7 Å². The summed E-state index contributed by atoms with van der Waals surface area (Å²) in [6.45, 7) is 1.11. The number of carbonyl (C=O) groups is 1. The number of rotatable bonds is 5. The first-order chi connectivity index (χ1) is 7.74. The van der Waals surface area contributed by atoms with Gasteiger partial charge in [0.1, 0.15) is 0 Å². The molecule has 0 aliphatic carbocycles. The van der Waals surface area contributed by atoms with Crippen LogP contribution in [0.3, 0.4) is 0 Å². The zero-order valence-electron chi connectivity index (χ0n) is 8.80. The van der Waals surface area contributed by atoms with Crippen LogP contribution in [0.25, 0.3) is 0 Å². The molecule has 16 heavy (non-hydrogen) atoms. The van der Waals surface area contributed by atoms with Gasteiger partial charge in [0.05, 0.1) is 0 Å². The monoisotopic (exact) mass is 304 g/mol. The number of hydrogen-bond acceptors (Lipinski definition) is 1. The average Bonchev–Trinajstić information content (AvgIpc) is 2.28. The van der Waals surface area contributed by atoms with Crippen LogP contribution in [0, 0.1) is 0 Å². The maximum Gasteiger partial charge on any atom is 0.315 e. The number of urea groups is 1. The van der Waals surface area contributed by atoms with Gasteiger partial charge in [0.25, 0.3) is 0 Å². The molecule has 5 heteroatoms. The van der Waals surface area contributed by atoms with Crippen LogP contribution in [-0.4, -0.2) is 18.5 Å². The molecule has 0 atom stereocenters. The van der Waals surface area contributed by atoms with Crippen LogP contribution in [0.5, 0.6) is 0 Å². The maximum atomic E-state index is 11.3. The van der Waals surface area contributed by atoms with E-state index in [0.717, 1.165) is 16.5 Å². The number of carbonyl (C=O) groups excluding carboxylic acids is 1. The van der Waals surface area contributed by atoms with E-state index in [0.29, 0.717) is 19.0 Å². The molecular weight excluding hydrogens is 291 g/mol. The first kappa shape index (κ1) is 13.3. The molecule has 0 fully saturated rings. The third-order valence-electron chi connectivity index (χ3n) is 1.99. The standard InChI is InChI=1S/C11H14BrClN2O/c12-10-5-2-1-4-9(10)8-15-11(16)14-7-3-6-13/h1-2,4-5H,3,6-8H2,(H2,14,15,16). The molecule has 1 rings (SSSR count). The summed E-state index contributed by atoms with van der Waals surface area (Å²) >= 11 is 8.92. The molecule has 3 nitrogen and oxygen atoms in total. The van der Waals surface area contributed by atoms with Gasteiger partial charge in [0.15, 0.2) is 0 Å². The molecular formula is C11H14BrClN2O. The Hall–Kier alpha value is -0.740. The van der Waals surface area contributed by atoms with Gasteiger partial charge in [-0.05, 0) is 18.1 Å². The highest BCUT2D eigenvalue weighted by molar-refractivity contribution is 9.10. The molecule has 0 bridgehead atoms. The Morgan fingerprint density at radius 2 is 2.06 bits per heavy atom. The van der Waals surface area contributed by atoms with Crippen molar-refractivity contribution in [3.8, 4) is 0 Å². The van der Waals surface area contributed by atoms with Gasteiger partial charge in [0, 0.05) is 23.4 Å². The second-order valence-electron chi connectivity index (χ2n) is 3.24. The predicted octanol–water partition coefficient (Wildman–Crippen LogP) is 2.88. The van der Waals surface area contributed by atoms with Crippen molar-refractivity contribution >= 4 is 33.6 Å². The molecule has 1 aromatic carbocycles. The predicted molar refractivity (Wildman–Crippen MR) is 69.7 cm³/mol. The largest absolute Gasteiger partial charge is 0.338 e. The van der Waals surface area contributed by atoms with Gasteiger partial charge in [-0.1, -0.05) is 34.1 Å². The Kier molecular flexibility index (Phi) is 6.26. The molecule has 0 saturated heterocycles.